The Morgan fingerprint density at radius 2 is 1.96 bits per heavy atom. The maximum atomic E-state index is 13.3. The van der Waals surface area contributed by atoms with Crippen LogP contribution in [0.4, 0.5) is 4.39 Å². The fourth-order valence-electron chi connectivity index (χ4n) is 3.29. The van der Waals surface area contributed by atoms with Crippen molar-refractivity contribution >= 4 is 5.91 Å². The number of ether oxygens (including phenoxy) is 2. The SMILES string of the molecule is COCc1cccc(C(=O)NC[C@H](c2ccc(F)cc2)N2CCOCC2)c1. The van der Waals surface area contributed by atoms with Gasteiger partial charge in [-0.3, -0.25) is 9.69 Å². The normalized spacial score (nSPS) is 16.1. The molecule has 6 heteroatoms. The summed E-state index contributed by atoms with van der Waals surface area (Å²) in [6.45, 7) is 3.78. The van der Waals surface area contributed by atoms with Gasteiger partial charge in [-0.15, -0.1) is 0 Å². The lowest BCUT2D eigenvalue weighted by Crippen LogP contribution is -2.43. The summed E-state index contributed by atoms with van der Waals surface area (Å²) in [6, 6.07) is 13.8. The lowest BCUT2D eigenvalue weighted by molar-refractivity contribution is 0.0162. The van der Waals surface area contributed by atoms with Gasteiger partial charge in [-0.1, -0.05) is 24.3 Å². The fraction of sp³-hybridized carbons (Fsp3) is 0.381. The quantitative estimate of drug-likeness (QED) is 0.812. The highest BCUT2D eigenvalue weighted by Crippen LogP contribution is 2.22. The van der Waals surface area contributed by atoms with E-state index in [0.29, 0.717) is 31.9 Å². The lowest BCUT2D eigenvalue weighted by Gasteiger charge is -2.35. The maximum Gasteiger partial charge on any atom is 0.251 e. The van der Waals surface area contributed by atoms with Crippen LogP contribution in [0.5, 0.6) is 0 Å². The summed E-state index contributed by atoms with van der Waals surface area (Å²) in [7, 11) is 1.63. The van der Waals surface area contributed by atoms with Gasteiger partial charge in [0.05, 0.1) is 25.9 Å². The predicted octanol–water partition coefficient (Wildman–Crippen LogP) is 2.78. The summed E-state index contributed by atoms with van der Waals surface area (Å²) in [5.41, 5.74) is 2.53. The molecule has 1 heterocycles. The zero-order chi connectivity index (χ0) is 19.1. The second-order valence-electron chi connectivity index (χ2n) is 6.56. The minimum Gasteiger partial charge on any atom is -0.380 e. The molecule has 1 aliphatic heterocycles. The third-order valence-corrected chi connectivity index (χ3v) is 4.70. The monoisotopic (exact) mass is 372 g/mol. The van der Waals surface area contributed by atoms with Gasteiger partial charge >= 0.3 is 0 Å². The molecule has 0 aliphatic carbocycles. The molecule has 2 aromatic carbocycles. The van der Waals surface area contributed by atoms with Crippen LogP contribution in [0.1, 0.15) is 27.5 Å². The molecule has 27 heavy (non-hydrogen) atoms. The Hall–Kier alpha value is -2.28. The Kier molecular flexibility index (Phi) is 6.92. The largest absolute Gasteiger partial charge is 0.380 e. The highest BCUT2D eigenvalue weighted by molar-refractivity contribution is 5.94. The zero-order valence-corrected chi connectivity index (χ0v) is 15.5. The Balaban J connectivity index is 1.71. The summed E-state index contributed by atoms with van der Waals surface area (Å²) < 4.78 is 23.9. The van der Waals surface area contributed by atoms with Crippen molar-refractivity contribution in [3.8, 4) is 0 Å². The van der Waals surface area contributed by atoms with Gasteiger partial charge in [0.2, 0.25) is 0 Å². The molecule has 2 aromatic rings. The van der Waals surface area contributed by atoms with Crippen LogP contribution in [0.15, 0.2) is 48.5 Å². The minimum atomic E-state index is -0.265. The molecule has 1 N–H and O–H groups in total. The molecule has 0 bridgehead atoms. The van der Waals surface area contributed by atoms with E-state index in [0.717, 1.165) is 24.2 Å². The van der Waals surface area contributed by atoms with Gasteiger partial charge in [0.25, 0.3) is 5.91 Å². The molecule has 5 nitrogen and oxygen atoms in total. The molecule has 0 radical (unpaired) electrons. The van der Waals surface area contributed by atoms with Crippen molar-refractivity contribution in [3.63, 3.8) is 0 Å². The van der Waals surface area contributed by atoms with E-state index in [1.165, 1.54) is 12.1 Å². The first kappa shape index (κ1) is 19.5. The molecular weight excluding hydrogens is 347 g/mol. The van der Waals surface area contributed by atoms with Gasteiger partial charge in [0, 0.05) is 32.3 Å². The van der Waals surface area contributed by atoms with Crippen molar-refractivity contribution < 1.29 is 18.7 Å². The topological polar surface area (TPSA) is 50.8 Å². The standard InChI is InChI=1S/C21H25FN2O3/c1-26-15-16-3-2-4-18(13-16)21(25)23-14-20(24-9-11-27-12-10-24)17-5-7-19(22)8-6-17/h2-8,13,20H,9-12,14-15H2,1H3,(H,23,25)/t20-/m1/s1. The van der Waals surface area contributed by atoms with E-state index >= 15 is 0 Å². The van der Waals surface area contributed by atoms with Gasteiger partial charge in [-0.2, -0.15) is 0 Å². The third-order valence-electron chi connectivity index (χ3n) is 4.70. The third kappa shape index (κ3) is 5.35. The highest BCUT2D eigenvalue weighted by Gasteiger charge is 2.23. The first-order valence-corrected chi connectivity index (χ1v) is 9.10. The maximum absolute atomic E-state index is 13.3. The molecule has 0 aromatic heterocycles. The number of morpholine rings is 1. The highest BCUT2D eigenvalue weighted by atomic mass is 19.1. The van der Waals surface area contributed by atoms with Gasteiger partial charge in [-0.25, -0.2) is 4.39 Å². The van der Waals surface area contributed by atoms with Crippen LogP contribution in [-0.2, 0) is 16.1 Å². The van der Waals surface area contributed by atoms with Crippen LogP contribution in [0, 0.1) is 5.82 Å². The molecule has 0 unspecified atom stereocenters. The Morgan fingerprint density at radius 1 is 1.22 bits per heavy atom. The zero-order valence-electron chi connectivity index (χ0n) is 15.5. The number of carbonyl (C=O) groups excluding carboxylic acids is 1. The fourth-order valence-corrected chi connectivity index (χ4v) is 3.29. The van der Waals surface area contributed by atoms with Crippen LogP contribution in [0.2, 0.25) is 0 Å². The number of nitrogens with one attached hydrogen (secondary N) is 1. The molecule has 1 amide bonds. The molecule has 0 saturated carbocycles. The number of nitrogens with zero attached hydrogens (tertiary/aromatic N) is 1. The van der Waals surface area contributed by atoms with E-state index in [2.05, 4.69) is 10.2 Å². The summed E-state index contributed by atoms with van der Waals surface area (Å²) in [4.78, 5) is 14.9. The smallest absolute Gasteiger partial charge is 0.251 e. The Bertz CT molecular complexity index is 745. The summed E-state index contributed by atoms with van der Waals surface area (Å²) in [5, 5.41) is 3.02. The van der Waals surface area contributed by atoms with Crippen LogP contribution >= 0.6 is 0 Å². The van der Waals surface area contributed by atoms with Crippen molar-refractivity contribution in [1.82, 2.24) is 10.2 Å². The molecule has 1 saturated heterocycles. The molecule has 0 spiro atoms. The van der Waals surface area contributed by atoms with Gasteiger partial charge in [0.15, 0.2) is 0 Å². The predicted molar refractivity (Wildman–Crippen MR) is 101 cm³/mol. The second-order valence-corrected chi connectivity index (χ2v) is 6.56. The molecule has 1 aliphatic rings. The Labute approximate surface area is 159 Å². The van der Waals surface area contributed by atoms with E-state index in [1.54, 1.807) is 25.3 Å². The lowest BCUT2D eigenvalue weighted by atomic mass is 10.0. The first-order valence-electron chi connectivity index (χ1n) is 9.10. The number of rotatable bonds is 7. The van der Waals surface area contributed by atoms with Crippen molar-refractivity contribution in [1.29, 1.82) is 0 Å². The van der Waals surface area contributed by atoms with Gasteiger partial charge in [-0.05, 0) is 35.4 Å². The van der Waals surface area contributed by atoms with Gasteiger partial charge < -0.3 is 14.8 Å². The van der Waals surface area contributed by atoms with E-state index in [-0.39, 0.29) is 17.8 Å². The van der Waals surface area contributed by atoms with Crippen LogP contribution in [-0.4, -0.2) is 50.8 Å². The minimum absolute atomic E-state index is 0.0272. The van der Waals surface area contributed by atoms with Crippen molar-refractivity contribution in [2.75, 3.05) is 40.0 Å². The van der Waals surface area contributed by atoms with E-state index in [9.17, 15) is 9.18 Å². The van der Waals surface area contributed by atoms with Crippen molar-refractivity contribution in [2.45, 2.75) is 12.6 Å². The number of carbonyl (C=O) groups is 1. The van der Waals surface area contributed by atoms with Crippen LogP contribution in [0.25, 0.3) is 0 Å². The van der Waals surface area contributed by atoms with E-state index < -0.39 is 0 Å². The van der Waals surface area contributed by atoms with Crippen molar-refractivity contribution in [2.24, 2.45) is 0 Å². The van der Waals surface area contributed by atoms with Crippen molar-refractivity contribution in [3.05, 3.63) is 71.0 Å². The van der Waals surface area contributed by atoms with E-state index in [4.69, 9.17) is 9.47 Å². The number of hydrogen-bond donors (Lipinski definition) is 1. The molecule has 144 valence electrons. The van der Waals surface area contributed by atoms with Crippen LogP contribution < -0.4 is 5.32 Å². The molecule has 1 atom stereocenters. The molecule has 1 fully saturated rings. The number of benzene rings is 2. The summed E-state index contributed by atoms with van der Waals surface area (Å²) >= 11 is 0. The summed E-state index contributed by atoms with van der Waals surface area (Å²) in [5.74, 6) is -0.396. The summed E-state index contributed by atoms with van der Waals surface area (Å²) in [6.07, 6.45) is 0. The van der Waals surface area contributed by atoms with Crippen LogP contribution in [0.3, 0.4) is 0 Å². The number of halogens is 1. The van der Waals surface area contributed by atoms with E-state index in [1.807, 2.05) is 18.2 Å². The number of amides is 1. The molecular formula is C21H25FN2O3. The Morgan fingerprint density at radius 3 is 2.67 bits per heavy atom. The average Bonchev–Trinajstić information content (AvgIpc) is 2.70. The average molecular weight is 372 g/mol. The molecule has 3 rings (SSSR count). The second kappa shape index (κ2) is 9.60. The first-order chi connectivity index (χ1) is 13.2. The van der Waals surface area contributed by atoms with Gasteiger partial charge in [0.1, 0.15) is 5.82 Å². The number of hydrogen-bond acceptors (Lipinski definition) is 4. The number of methoxy groups -OCH3 is 1.